The number of rotatable bonds is 3. The number of nitrogens with one attached hydrogen (secondary N) is 1. The molecule has 1 aliphatic rings. The third-order valence-corrected chi connectivity index (χ3v) is 4.20. The Bertz CT molecular complexity index is 804. The molecular formula is C15H14ClFN2O2. The third-order valence-electron chi connectivity index (χ3n) is 3.92. The first-order valence-corrected chi connectivity index (χ1v) is 7.06. The van der Waals surface area contributed by atoms with Crippen LogP contribution in [0.3, 0.4) is 0 Å². The fraction of sp³-hybridized carbons (Fsp3) is 0.333. The van der Waals surface area contributed by atoms with Gasteiger partial charge in [0.2, 0.25) is 0 Å². The molecule has 1 fully saturated rings. The summed E-state index contributed by atoms with van der Waals surface area (Å²) in [5.74, 6) is -0.398. The lowest BCUT2D eigenvalue weighted by atomic mass is 10.1. The molecular weight excluding hydrogens is 295 g/mol. The Kier molecular flexibility index (Phi) is 3.24. The molecule has 1 aromatic carbocycles. The smallest absolute Gasteiger partial charge is 0.297 e. The molecule has 2 aromatic rings. The fourth-order valence-corrected chi connectivity index (χ4v) is 2.58. The molecule has 1 N–H and O–H groups in total. The van der Waals surface area contributed by atoms with E-state index in [9.17, 15) is 14.0 Å². The van der Waals surface area contributed by atoms with Crippen LogP contribution in [0.5, 0.6) is 0 Å². The highest BCUT2D eigenvalue weighted by Crippen LogP contribution is 2.45. The van der Waals surface area contributed by atoms with Crippen LogP contribution < -0.4 is 11.2 Å². The first-order valence-electron chi connectivity index (χ1n) is 6.68. The average molecular weight is 309 g/mol. The van der Waals surface area contributed by atoms with E-state index in [1.807, 2.05) is 6.92 Å². The van der Waals surface area contributed by atoms with Crippen molar-refractivity contribution < 1.29 is 4.39 Å². The quantitative estimate of drug-likeness (QED) is 0.886. The molecule has 1 aromatic heterocycles. The van der Waals surface area contributed by atoms with Crippen LogP contribution in [0.1, 0.15) is 19.8 Å². The van der Waals surface area contributed by atoms with E-state index >= 15 is 0 Å². The Morgan fingerprint density at radius 2 is 1.90 bits per heavy atom. The van der Waals surface area contributed by atoms with Crippen molar-refractivity contribution in [3.05, 3.63) is 56.1 Å². The minimum Gasteiger partial charge on any atom is -0.297 e. The molecule has 1 heterocycles. The second-order valence-electron chi connectivity index (χ2n) is 5.83. The predicted molar refractivity (Wildman–Crippen MR) is 79.1 cm³/mol. The summed E-state index contributed by atoms with van der Waals surface area (Å²) in [7, 11) is 0. The molecule has 0 unspecified atom stereocenters. The van der Waals surface area contributed by atoms with Gasteiger partial charge in [0.15, 0.2) is 0 Å². The number of benzene rings is 1. The van der Waals surface area contributed by atoms with Gasteiger partial charge in [0.05, 0.1) is 5.56 Å². The van der Waals surface area contributed by atoms with Crippen molar-refractivity contribution in [2.24, 2.45) is 5.41 Å². The molecule has 3 rings (SSSR count). The van der Waals surface area contributed by atoms with Crippen molar-refractivity contribution in [1.82, 2.24) is 9.55 Å². The van der Waals surface area contributed by atoms with Gasteiger partial charge in [0.25, 0.3) is 5.56 Å². The highest BCUT2D eigenvalue weighted by atomic mass is 35.5. The lowest BCUT2D eigenvalue weighted by molar-refractivity contribution is 0.441. The highest BCUT2D eigenvalue weighted by Gasteiger charge is 2.38. The Labute approximate surface area is 125 Å². The summed E-state index contributed by atoms with van der Waals surface area (Å²) in [6.45, 7) is 2.40. The molecule has 0 aliphatic heterocycles. The lowest BCUT2D eigenvalue weighted by Crippen LogP contribution is -2.38. The van der Waals surface area contributed by atoms with Gasteiger partial charge in [-0.3, -0.25) is 14.3 Å². The van der Waals surface area contributed by atoms with E-state index in [1.165, 1.54) is 28.8 Å². The van der Waals surface area contributed by atoms with Crippen LogP contribution in [0.4, 0.5) is 4.39 Å². The van der Waals surface area contributed by atoms with Crippen LogP contribution in [0.25, 0.3) is 11.1 Å². The predicted octanol–water partition coefficient (Wildman–Crippen LogP) is 2.80. The molecule has 0 atom stereocenters. The maximum Gasteiger partial charge on any atom is 0.329 e. The largest absolute Gasteiger partial charge is 0.329 e. The van der Waals surface area contributed by atoms with Crippen molar-refractivity contribution in [3.8, 4) is 11.1 Å². The Morgan fingerprint density at radius 3 is 2.48 bits per heavy atom. The van der Waals surface area contributed by atoms with E-state index < -0.39 is 17.1 Å². The lowest BCUT2D eigenvalue weighted by Gasteiger charge is -2.12. The highest BCUT2D eigenvalue weighted by molar-refractivity contribution is 6.32. The van der Waals surface area contributed by atoms with Crippen molar-refractivity contribution in [3.63, 3.8) is 0 Å². The maximum atomic E-state index is 13.0. The topological polar surface area (TPSA) is 54.9 Å². The van der Waals surface area contributed by atoms with Crippen LogP contribution in [-0.2, 0) is 6.54 Å². The van der Waals surface area contributed by atoms with Crippen LogP contribution >= 0.6 is 11.6 Å². The summed E-state index contributed by atoms with van der Waals surface area (Å²) in [6.07, 6.45) is 1.99. The number of hydrogen-bond acceptors (Lipinski definition) is 2. The van der Waals surface area contributed by atoms with E-state index in [1.54, 1.807) is 0 Å². The summed E-state index contributed by atoms with van der Waals surface area (Å²) in [5.41, 5.74) is -0.268. The van der Waals surface area contributed by atoms with Crippen LogP contribution in [-0.4, -0.2) is 9.55 Å². The van der Waals surface area contributed by atoms with Crippen molar-refractivity contribution >= 4 is 11.6 Å². The van der Waals surface area contributed by atoms with E-state index in [2.05, 4.69) is 4.98 Å². The minimum atomic E-state index is -0.510. The summed E-state index contributed by atoms with van der Waals surface area (Å²) >= 11 is 6.01. The summed E-state index contributed by atoms with van der Waals surface area (Å²) in [5, 5.41) is -0.0196. The zero-order valence-electron chi connectivity index (χ0n) is 11.5. The number of halogens is 2. The average Bonchev–Trinajstić information content (AvgIpc) is 3.15. The fourth-order valence-electron chi connectivity index (χ4n) is 2.31. The monoisotopic (exact) mass is 308 g/mol. The van der Waals surface area contributed by atoms with Gasteiger partial charge in [-0.2, -0.15) is 0 Å². The second kappa shape index (κ2) is 4.84. The van der Waals surface area contributed by atoms with Gasteiger partial charge in [-0.25, -0.2) is 9.18 Å². The Hall–Kier alpha value is -1.88. The number of H-pyrrole nitrogens is 1. The number of hydrogen-bond donors (Lipinski definition) is 1. The van der Waals surface area contributed by atoms with E-state index in [4.69, 9.17) is 11.6 Å². The van der Waals surface area contributed by atoms with E-state index in [0.717, 1.165) is 12.8 Å². The van der Waals surface area contributed by atoms with Crippen molar-refractivity contribution in [2.75, 3.05) is 0 Å². The Morgan fingerprint density at radius 1 is 1.29 bits per heavy atom. The number of aromatic nitrogens is 2. The van der Waals surface area contributed by atoms with Crippen molar-refractivity contribution in [2.45, 2.75) is 26.3 Å². The van der Waals surface area contributed by atoms with Crippen LogP contribution in [0.15, 0.2) is 33.9 Å². The molecule has 1 aliphatic carbocycles. The summed E-state index contributed by atoms with van der Waals surface area (Å²) in [6, 6.07) is 5.45. The molecule has 110 valence electrons. The van der Waals surface area contributed by atoms with Crippen LogP contribution in [0, 0.1) is 11.2 Å². The maximum absolute atomic E-state index is 13.0. The molecule has 0 bridgehead atoms. The van der Waals surface area contributed by atoms with Gasteiger partial charge in [-0.1, -0.05) is 30.7 Å². The summed E-state index contributed by atoms with van der Waals surface area (Å²) < 4.78 is 14.2. The van der Waals surface area contributed by atoms with Gasteiger partial charge >= 0.3 is 5.69 Å². The first kappa shape index (κ1) is 14.1. The zero-order chi connectivity index (χ0) is 15.2. The number of nitrogens with zero attached hydrogens (tertiary/aromatic N) is 1. The molecule has 0 amide bonds. The minimum absolute atomic E-state index is 0.00468. The molecule has 1 saturated carbocycles. The normalized spacial score (nSPS) is 16.0. The van der Waals surface area contributed by atoms with Crippen molar-refractivity contribution in [1.29, 1.82) is 0 Å². The van der Waals surface area contributed by atoms with Gasteiger partial charge in [-0.15, -0.1) is 0 Å². The molecule has 0 spiro atoms. The van der Waals surface area contributed by atoms with E-state index in [-0.39, 0.29) is 16.1 Å². The summed E-state index contributed by atoms with van der Waals surface area (Å²) in [4.78, 5) is 27.0. The Balaban J connectivity index is 2.16. The molecule has 4 nitrogen and oxygen atoms in total. The molecule has 0 saturated heterocycles. The van der Waals surface area contributed by atoms with Gasteiger partial charge in [0, 0.05) is 6.54 Å². The molecule has 0 radical (unpaired) electrons. The van der Waals surface area contributed by atoms with Gasteiger partial charge in [0.1, 0.15) is 11.0 Å². The standard InChI is InChI=1S/C15H14ClFN2O2/c1-15(6-7-15)8-19-13(20)11(12(16)18-14(19)21)9-2-4-10(17)5-3-9/h2-5H,6-8H2,1H3,(H,18,21). The van der Waals surface area contributed by atoms with E-state index in [0.29, 0.717) is 12.1 Å². The SMILES string of the molecule is CC1(Cn2c(=O)[nH]c(Cl)c(-c3ccc(F)cc3)c2=O)CC1. The zero-order valence-corrected chi connectivity index (χ0v) is 12.2. The van der Waals surface area contributed by atoms with Crippen LogP contribution in [0.2, 0.25) is 5.15 Å². The van der Waals surface area contributed by atoms with Gasteiger partial charge in [-0.05, 0) is 36.0 Å². The second-order valence-corrected chi connectivity index (χ2v) is 6.21. The molecule has 6 heteroatoms. The number of aromatic amines is 1. The molecule has 21 heavy (non-hydrogen) atoms. The van der Waals surface area contributed by atoms with Gasteiger partial charge < -0.3 is 0 Å². The third kappa shape index (κ3) is 2.65. The first-order chi connectivity index (χ1) is 9.89.